The van der Waals surface area contributed by atoms with Gasteiger partial charge in [0.1, 0.15) is 0 Å². The number of likely N-dealkylation sites (tertiary alicyclic amines) is 1. The maximum Gasteiger partial charge on any atom is 0.253 e. The smallest absolute Gasteiger partial charge is 0.253 e. The van der Waals surface area contributed by atoms with E-state index in [4.69, 9.17) is 16.7 Å². The van der Waals surface area contributed by atoms with Gasteiger partial charge in [0.2, 0.25) is 0 Å². The van der Waals surface area contributed by atoms with E-state index in [-0.39, 0.29) is 18.4 Å². The van der Waals surface area contributed by atoms with Crippen molar-refractivity contribution in [2.45, 2.75) is 26.2 Å². The molecule has 0 radical (unpaired) electrons. The fourth-order valence-electron chi connectivity index (χ4n) is 4.50. The zero-order valence-corrected chi connectivity index (χ0v) is 20.1. The number of rotatable bonds is 7. The first-order valence-corrected chi connectivity index (χ1v) is 12.1. The summed E-state index contributed by atoms with van der Waals surface area (Å²) in [6.07, 6.45) is 6.48. The van der Waals surface area contributed by atoms with Crippen LogP contribution in [0.15, 0.2) is 42.6 Å². The minimum absolute atomic E-state index is 0.0557. The highest BCUT2D eigenvalue weighted by Gasteiger charge is 2.24. The number of piperidine rings is 1. The van der Waals surface area contributed by atoms with Crippen LogP contribution in [-0.2, 0) is 0 Å². The van der Waals surface area contributed by atoms with E-state index >= 15 is 0 Å². The van der Waals surface area contributed by atoms with Crippen LogP contribution >= 0.6 is 11.6 Å². The summed E-state index contributed by atoms with van der Waals surface area (Å²) in [5, 5.41) is 14.4. The Morgan fingerprint density at radius 1 is 1.15 bits per heavy atom. The summed E-state index contributed by atoms with van der Waals surface area (Å²) >= 11 is 5.94. The van der Waals surface area contributed by atoms with Crippen molar-refractivity contribution < 1.29 is 14.7 Å². The van der Waals surface area contributed by atoms with E-state index in [2.05, 4.69) is 22.1 Å². The SMILES string of the molecule is Cc1c(C(=O)NCCCO)ccc2c1=CN(CC1CCN(C(=O)c3ccc(Cl)cc3)CC1)C=C=2. The molecular formula is C27H30ClN3O3. The molecule has 7 heteroatoms. The number of carbonyl (C=O) groups is 2. The van der Waals surface area contributed by atoms with Gasteiger partial charge in [-0.05, 0) is 74.1 Å². The Balaban J connectivity index is 1.39. The Kier molecular flexibility index (Phi) is 7.73. The molecule has 0 unspecified atom stereocenters. The van der Waals surface area contributed by atoms with E-state index < -0.39 is 0 Å². The number of hydrogen-bond donors (Lipinski definition) is 2. The van der Waals surface area contributed by atoms with E-state index in [0.717, 1.165) is 48.5 Å². The van der Waals surface area contributed by atoms with Crippen LogP contribution in [0.3, 0.4) is 0 Å². The molecule has 0 atom stereocenters. The summed E-state index contributed by atoms with van der Waals surface area (Å²) < 4.78 is 0. The molecule has 2 N–H and O–H groups in total. The summed E-state index contributed by atoms with van der Waals surface area (Å²) in [5.41, 5.74) is 5.59. The van der Waals surface area contributed by atoms with Crippen LogP contribution in [0, 0.1) is 12.8 Å². The summed E-state index contributed by atoms with van der Waals surface area (Å²) in [4.78, 5) is 29.4. The number of nitrogens with zero attached hydrogens (tertiary/aromatic N) is 2. The van der Waals surface area contributed by atoms with Crippen molar-refractivity contribution in [1.29, 1.82) is 0 Å². The number of carbonyl (C=O) groups excluding carboxylic acids is 2. The zero-order valence-electron chi connectivity index (χ0n) is 19.4. The predicted octanol–water partition coefficient (Wildman–Crippen LogP) is 2.26. The van der Waals surface area contributed by atoms with Crippen LogP contribution in [0.4, 0.5) is 0 Å². The average Bonchev–Trinajstić information content (AvgIpc) is 2.85. The van der Waals surface area contributed by atoms with Gasteiger partial charge in [-0.25, -0.2) is 0 Å². The molecule has 2 heterocycles. The van der Waals surface area contributed by atoms with Crippen molar-refractivity contribution in [1.82, 2.24) is 15.1 Å². The number of hydrogen-bond acceptors (Lipinski definition) is 4. The molecule has 0 aliphatic carbocycles. The highest BCUT2D eigenvalue weighted by molar-refractivity contribution is 6.30. The third kappa shape index (κ3) is 5.53. The van der Waals surface area contributed by atoms with Crippen LogP contribution in [0.2, 0.25) is 5.02 Å². The van der Waals surface area contributed by atoms with Gasteiger partial charge in [-0.2, -0.15) is 0 Å². The van der Waals surface area contributed by atoms with Crippen LogP contribution in [0.1, 0.15) is 45.5 Å². The van der Waals surface area contributed by atoms with Crippen molar-refractivity contribution in [3.8, 4) is 0 Å². The highest BCUT2D eigenvalue weighted by atomic mass is 35.5. The topological polar surface area (TPSA) is 72.9 Å². The number of aliphatic hydroxyl groups is 1. The minimum atomic E-state index is -0.124. The second-order valence-electron chi connectivity index (χ2n) is 8.87. The molecule has 178 valence electrons. The van der Waals surface area contributed by atoms with Crippen molar-refractivity contribution in [3.63, 3.8) is 0 Å². The van der Waals surface area contributed by atoms with E-state index in [0.29, 0.717) is 35.0 Å². The molecule has 34 heavy (non-hydrogen) atoms. The monoisotopic (exact) mass is 479 g/mol. The first-order chi connectivity index (χ1) is 16.5. The van der Waals surface area contributed by atoms with Crippen molar-refractivity contribution in [3.05, 3.63) is 74.7 Å². The lowest BCUT2D eigenvalue weighted by atomic mass is 9.95. The van der Waals surface area contributed by atoms with Crippen LogP contribution in [0.25, 0.3) is 11.9 Å². The lowest BCUT2D eigenvalue weighted by Gasteiger charge is -2.34. The maximum atomic E-state index is 12.8. The number of halogens is 1. The van der Waals surface area contributed by atoms with Crippen molar-refractivity contribution >= 4 is 35.3 Å². The van der Waals surface area contributed by atoms with Crippen molar-refractivity contribution in [2.24, 2.45) is 5.92 Å². The number of aliphatic hydroxyl groups excluding tert-OH is 1. The number of fused-ring (bicyclic) bond motifs is 1. The van der Waals surface area contributed by atoms with Gasteiger partial charge in [-0.3, -0.25) is 9.59 Å². The normalized spacial score (nSPS) is 15.4. The Labute approximate surface area is 204 Å². The quantitative estimate of drug-likeness (QED) is 0.597. The van der Waals surface area contributed by atoms with Gasteiger partial charge in [0, 0.05) is 71.8 Å². The molecule has 0 bridgehead atoms. The maximum absolute atomic E-state index is 12.8. The Bertz CT molecular complexity index is 1210. The standard InChI is InChI=1S/C27H30ClN3O3/c1-19-24(26(33)29-12-2-16-32)8-5-21-11-13-30(18-25(19)21)17-20-9-14-31(15-10-20)27(34)22-3-6-23(28)7-4-22/h3-8,13,18,20,32H,2,9-10,12,14-17H2,1H3,(H,29,33). The molecule has 2 amide bonds. The summed E-state index contributed by atoms with van der Waals surface area (Å²) in [6.45, 7) is 4.79. The molecule has 4 rings (SSSR count). The Morgan fingerprint density at radius 3 is 2.59 bits per heavy atom. The number of benzene rings is 2. The highest BCUT2D eigenvalue weighted by Crippen LogP contribution is 2.21. The second kappa shape index (κ2) is 10.9. The van der Waals surface area contributed by atoms with Gasteiger partial charge >= 0.3 is 0 Å². The Morgan fingerprint density at radius 2 is 1.88 bits per heavy atom. The first-order valence-electron chi connectivity index (χ1n) is 11.7. The molecule has 1 fully saturated rings. The second-order valence-corrected chi connectivity index (χ2v) is 9.31. The van der Waals surface area contributed by atoms with Crippen molar-refractivity contribution in [2.75, 3.05) is 32.8 Å². The third-order valence-electron chi connectivity index (χ3n) is 6.52. The van der Waals surface area contributed by atoms with Gasteiger partial charge in [0.05, 0.1) is 0 Å². The van der Waals surface area contributed by atoms with Gasteiger partial charge < -0.3 is 20.2 Å². The molecule has 6 nitrogen and oxygen atoms in total. The number of amides is 2. The molecule has 2 aromatic rings. The first kappa shape index (κ1) is 24.1. The molecular weight excluding hydrogens is 450 g/mol. The summed E-state index contributed by atoms with van der Waals surface area (Å²) in [6, 6.07) is 10.8. The molecule has 0 saturated carbocycles. The Hall–Kier alpha value is -3.05. The van der Waals surface area contributed by atoms with Crippen LogP contribution in [-0.4, -0.2) is 59.5 Å². The number of nitrogens with one attached hydrogen (secondary N) is 1. The van der Waals surface area contributed by atoms with Gasteiger partial charge in [0.25, 0.3) is 11.8 Å². The molecule has 0 aromatic heterocycles. The molecule has 2 aromatic carbocycles. The van der Waals surface area contributed by atoms with Crippen LogP contribution < -0.4 is 15.8 Å². The van der Waals surface area contributed by atoms with E-state index in [1.807, 2.05) is 30.2 Å². The largest absolute Gasteiger partial charge is 0.396 e. The fourth-order valence-corrected chi connectivity index (χ4v) is 4.62. The van der Waals surface area contributed by atoms with E-state index in [9.17, 15) is 9.59 Å². The van der Waals surface area contributed by atoms with Gasteiger partial charge in [0.15, 0.2) is 0 Å². The molecule has 2 aliphatic rings. The summed E-state index contributed by atoms with van der Waals surface area (Å²) in [5.74, 6) is 0.401. The fraction of sp³-hybridized carbons (Fsp3) is 0.370. The average molecular weight is 480 g/mol. The van der Waals surface area contributed by atoms with Gasteiger partial charge in [-0.15, -0.1) is 0 Å². The third-order valence-corrected chi connectivity index (χ3v) is 6.77. The minimum Gasteiger partial charge on any atom is -0.396 e. The molecule has 0 spiro atoms. The van der Waals surface area contributed by atoms with E-state index in [1.165, 1.54) is 0 Å². The predicted molar refractivity (Wildman–Crippen MR) is 134 cm³/mol. The van der Waals surface area contributed by atoms with Gasteiger partial charge in [-0.1, -0.05) is 17.3 Å². The lowest BCUT2D eigenvalue weighted by Crippen LogP contribution is -2.41. The molecule has 1 saturated heterocycles. The van der Waals surface area contributed by atoms with E-state index in [1.54, 1.807) is 24.3 Å². The van der Waals surface area contributed by atoms with Crippen LogP contribution in [0.5, 0.6) is 0 Å². The zero-order chi connectivity index (χ0) is 24.1. The lowest BCUT2D eigenvalue weighted by molar-refractivity contribution is 0.0683. The summed E-state index contributed by atoms with van der Waals surface area (Å²) in [7, 11) is 0. The molecule has 2 aliphatic heterocycles.